The summed E-state index contributed by atoms with van der Waals surface area (Å²) in [5.41, 5.74) is -0.295. The monoisotopic (exact) mass is 250 g/mol. The number of ether oxygens (including phenoxy) is 1. The van der Waals surface area contributed by atoms with Crippen molar-refractivity contribution in [3.8, 4) is 0 Å². The number of aromatic nitrogens is 1. The Morgan fingerprint density at radius 1 is 1.50 bits per heavy atom. The van der Waals surface area contributed by atoms with E-state index in [0.717, 1.165) is 0 Å². The van der Waals surface area contributed by atoms with Crippen molar-refractivity contribution in [2.75, 3.05) is 13.1 Å². The van der Waals surface area contributed by atoms with Gasteiger partial charge in [-0.15, -0.1) is 0 Å². The number of pyridine rings is 1. The lowest BCUT2D eigenvalue weighted by atomic mass is 10.1. The van der Waals surface area contributed by atoms with Crippen molar-refractivity contribution in [2.24, 2.45) is 0 Å². The number of nitrogens with zero attached hydrogens (tertiary/aromatic N) is 1. The molecule has 1 unspecified atom stereocenters. The molecule has 0 spiro atoms. The standard InChI is InChI=1S/C13H18N2O3/c1-9-7-15(8-13(2,3)18-9)12(17)10-5-4-6-11(16)14-10/h4-6,9H,7-8H2,1-3H3,(H,14,16). The number of nitrogens with one attached hydrogen (secondary N) is 1. The summed E-state index contributed by atoms with van der Waals surface area (Å²) in [4.78, 5) is 27.8. The van der Waals surface area contributed by atoms with Gasteiger partial charge < -0.3 is 14.6 Å². The molecule has 0 bridgehead atoms. The fourth-order valence-corrected chi connectivity index (χ4v) is 2.35. The second-order valence-corrected chi connectivity index (χ2v) is 5.30. The first-order chi connectivity index (χ1) is 8.37. The average molecular weight is 250 g/mol. The van der Waals surface area contributed by atoms with Crippen LogP contribution in [0.25, 0.3) is 0 Å². The molecule has 2 rings (SSSR count). The first-order valence-corrected chi connectivity index (χ1v) is 6.04. The van der Waals surface area contributed by atoms with Gasteiger partial charge >= 0.3 is 0 Å². The van der Waals surface area contributed by atoms with Gasteiger partial charge in [-0.2, -0.15) is 0 Å². The van der Waals surface area contributed by atoms with Crippen molar-refractivity contribution >= 4 is 5.91 Å². The molecule has 1 aromatic heterocycles. The normalized spacial score (nSPS) is 22.8. The zero-order chi connectivity index (χ0) is 13.3. The van der Waals surface area contributed by atoms with Gasteiger partial charge in [0.2, 0.25) is 5.56 Å². The van der Waals surface area contributed by atoms with E-state index in [2.05, 4.69) is 4.98 Å². The molecule has 1 N–H and O–H groups in total. The molecule has 98 valence electrons. The van der Waals surface area contributed by atoms with Gasteiger partial charge in [0.1, 0.15) is 5.69 Å². The Morgan fingerprint density at radius 3 is 2.83 bits per heavy atom. The van der Waals surface area contributed by atoms with Crippen molar-refractivity contribution in [2.45, 2.75) is 32.5 Å². The van der Waals surface area contributed by atoms with Gasteiger partial charge in [-0.05, 0) is 26.8 Å². The number of morpholine rings is 1. The molecule has 1 saturated heterocycles. The summed E-state index contributed by atoms with van der Waals surface area (Å²) >= 11 is 0. The van der Waals surface area contributed by atoms with Crippen LogP contribution in [0.2, 0.25) is 0 Å². The number of carbonyl (C=O) groups excluding carboxylic acids is 1. The van der Waals surface area contributed by atoms with Crippen LogP contribution in [0, 0.1) is 0 Å². The van der Waals surface area contributed by atoms with Crippen LogP contribution in [0.3, 0.4) is 0 Å². The third kappa shape index (κ3) is 2.79. The molecule has 1 atom stereocenters. The topological polar surface area (TPSA) is 62.4 Å². The van der Waals surface area contributed by atoms with E-state index in [1.54, 1.807) is 17.0 Å². The summed E-state index contributed by atoms with van der Waals surface area (Å²) in [6, 6.07) is 4.60. The van der Waals surface area contributed by atoms with E-state index in [9.17, 15) is 9.59 Å². The Balaban J connectivity index is 2.21. The van der Waals surface area contributed by atoms with Gasteiger partial charge in [-0.3, -0.25) is 9.59 Å². The maximum Gasteiger partial charge on any atom is 0.270 e. The highest BCUT2D eigenvalue weighted by molar-refractivity contribution is 5.92. The van der Waals surface area contributed by atoms with E-state index in [0.29, 0.717) is 18.8 Å². The fourth-order valence-electron chi connectivity index (χ4n) is 2.35. The number of hydrogen-bond donors (Lipinski definition) is 1. The lowest BCUT2D eigenvalue weighted by molar-refractivity contribution is -0.118. The number of aromatic amines is 1. The van der Waals surface area contributed by atoms with Gasteiger partial charge in [-0.1, -0.05) is 6.07 Å². The van der Waals surface area contributed by atoms with Crippen molar-refractivity contribution in [1.82, 2.24) is 9.88 Å². The van der Waals surface area contributed by atoms with Crippen molar-refractivity contribution in [3.05, 3.63) is 34.2 Å². The molecule has 5 nitrogen and oxygen atoms in total. The summed E-state index contributed by atoms with van der Waals surface area (Å²) in [5, 5.41) is 0. The van der Waals surface area contributed by atoms with Gasteiger partial charge in [0.25, 0.3) is 5.91 Å². The quantitative estimate of drug-likeness (QED) is 0.809. The van der Waals surface area contributed by atoms with Crippen LogP contribution in [0.5, 0.6) is 0 Å². The van der Waals surface area contributed by atoms with Gasteiger partial charge in [-0.25, -0.2) is 0 Å². The van der Waals surface area contributed by atoms with Crippen LogP contribution in [0.15, 0.2) is 23.0 Å². The number of amides is 1. The van der Waals surface area contributed by atoms with Crippen molar-refractivity contribution in [3.63, 3.8) is 0 Å². The number of carbonyl (C=O) groups is 1. The van der Waals surface area contributed by atoms with Crippen LogP contribution >= 0.6 is 0 Å². The van der Waals surface area contributed by atoms with Crippen LogP contribution in [-0.4, -0.2) is 40.6 Å². The van der Waals surface area contributed by atoms with E-state index in [1.807, 2.05) is 20.8 Å². The Kier molecular flexibility index (Phi) is 3.26. The average Bonchev–Trinajstić information content (AvgIpc) is 2.25. The second-order valence-electron chi connectivity index (χ2n) is 5.30. The summed E-state index contributed by atoms with van der Waals surface area (Å²) in [6.45, 7) is 6.91. The molecule has 1 aliphatic rings. The van der Waals surface area contributed by atoms with E-state index in [1.165, 1.54) is 6.07 Å². The molecule has 5 heteroatoms. The van der Waals surface area contributed by atoms with E-state index in [-0.39, 0.29) is 23.2 Å². The highest BCUT2D eigenvalue weighted by atomic mass is 16.5. The van der Waals surface area contributed by atoms with Gasteiger partial charge in [0.15, 0.2) is 0 Å². The first-order valence-electron chi connectivity index (χ1n) is 6.04. The fraction of sp³-hybridized carbons (Fsp3) is 0.538. The SMILES string of the molecule is CC1CN(C(=O)c2cccc(=O)[nH]2)CC(C)(C)O1. The number of hydrogen-bond acceptors (Lipinski definition) is 3. The lowest BCUT2D eigenvalue weighted by Gasteiger charge is -2.41. The lowest BCUT2D eigenvalue weighted by Crippen LogP contribution is -2.54. The summed E-state index contributed by atoms with van der Waals surface area (Å²) in [5.74, 6) is -0.157. The van der Waals surface area contributed by atoms with Crippen LogP contribution in [-0.2, 0) is 4.74 Å². The molecule has 0 aliphatic carbocycles. The Labute approximate surface area is 106 Å². The van der Waals surface area contributed by atoms with Crippen LogP contribution in [0.1, 0.15) is 31.3 Å². The molecule has 1 amide bonds. The molecule has 0 radical (unpaired) electrons. The summed E-state index contributed by atoms with van der Waals surface area (Å²) in [7, 11) is 0. The molecule has 18 heavy (non-hydrogen) atoms. The first kappa shape index (κ1) is 12.8. The predicted molar refractivity (Wildman–Crippen MR) is 67.6 cm³/mol. The Bertz CT molecular complexity index is 507. The minimum absolute atomic E-state index is 0.00636. The Hall–Kier alpha value is -1.62. The Morgan fingerprint density at radius 2 is 2.22 bits per heavy atom. The maximum atomic E-state index is 12.3. The smallest absolute Gasteiger partial charge is 0.270 e. The maximum absolute atomic E-state index is 12.3. The molecule has 0 saturated carbocycles. The minimum atomic E-state index is -0.359. The summed E-state index contributed by atoms with van der Waals surface area (Å²) < 4.78 is 5.75. The van der Waals surface area contributed by atoms with Gasteiger partial charge in [0, 0.05) is 19.2 Å². The van der Waals surface area contributed by atoms with E-state index < -0.39 is 0 Å². The molecule has 1 fully saturated rings. The molecular weight excluding hydrogens is 232 g/mol. The minimum Gasteiger partial charge on any atom is -0.369 e. The third-order valence-corrected chi connectivity index (χ3v) is 2.86. The van der Waals surface area contributed by atoms with Crippen molar-refractivity contribution in [1.29, 1.82) is 0 Å². The summed E-state index contributed by atoms with van der Waals surface area (Å²) in [6.07, 6.45) is -0.00636. The highest BCUT2D eigenvalue weighted by Gasteiger charge is 2.34. The van der Waals surface area contributed by atoms with Crippen LogP contribution < -0.4 is 5.56 Å². The number of H-pyrrole nitrogens is 1. The molecule has 1 aliphatic heterocycles. The zero-order valence-electron chi connectivity index (χ0n) is 10.9. The zero-order valence-corrected chi connectivity index (χ0v) is 10.9. The molecule has 0 aromatic carbocycles. The second kappa shape index (κ2) is 4.57. The molecule has 2 heterocycles. The largest absolute Gasteiger partial charge is 0.369 e. The third-order valence-electron chi connectivity index (χ3n) is 2.86. The van der Waals surface area contributed by atoms with Crippen LogP contribution in [0.4, 0.5) is 0 Å². The number of rotatable bonds is 1. The van der Waals surface area contributed by atoms with Gasteiger partial charge in [0.05, 0.1) is 11.7 Å². The molecule has 1 aromatic rings. The predicted octanol–water partition coefficient (Wildman–Crippen LogP) is 1.01. The molecular formula is C13H18N2O3. The van der Waals surface area contributed by atoms with E-state index in [4.69, 9.17) is 4.74 Å². The van der Waals surface area contributed by atoms with Crippen molar-refractivity contribution < 1.29 is 9.53 Å². The van der Waals surface area contributed by atoms with E-state index >= 15 is 0 Å². The highest BCUT2D eigenvalue weighted by Crippen LogP contribution is 2.21.